The molecule has 7 heteroatoms. The van der Waals surface area contributed by atoms with Gasteiger partial charge in [-0.3, -0.25) is 9.83 Å². The third-order valence-corrected chi connectivity index (χ3v) is 5.20. The van der Waals surface area contributed by atoms with Crippen molar-refractivity contribution in [3.63, 3.8) is 0 Å². The van der Waals surface area contributed by atoms with Gasteiger partial charge in [0.15, 0.2) is 10.1 Å². The fraction of sp³-hybridized carbons (Fsp3) is 0.533. The Balaban J connectivity index is 1.62. The van der Waals surface area contributed by atoms with E-state index in [9.17, 15) is 0 Å². The number of hydrazone groups is 1. The molecule has 0 aromatic carbocycles. The Hall–Kier alpha value is -1.47. The summed E-state index contributed by atoms with van der Waals surface area (Å²) in [5.41, 5.74) is 6.08. The number of aryl methyl sites for hydroxylation is 2. The lowest BCUT2D eigenvalue weighted by atomic mass is 9.96. The second-order valence-corrected chi connectivity index (χ2v) is 7.00. The van der Waals surface area contributed by atoms with Gasteiger partial charge in [0.1, 0.15) is 0 Å². The van der Waals surface area contributed by atoms with Crippen LogP contribution in [0.15, 0.2) is 10.5 Å². The summed E-state index contributed by atoms with van der Waals surface area (Å²) in [4.78, 5) is 5.54. The number of fused-ring (bicyclic) bond motifs is 1. The molecule has 0 aliphatic heterocycles. The molecule has 0 saturated heterocycles. The average Bonchev–Trinajstić information content (AvgIpc) is 3.00. The molecule has 2 heterocycles. The molecule has 1 fully saturated rings. The molecule has 118 valence electrons. The number of nitrogens with zero attached hydrogens (tertiary/aromatic N) is 3. The van der Waals surface area contributed by atoms with Crippen LogP contribution in [0.1, 0.15) is 49.2 Å². The number of rotatable bonds is 3. The van der Waals surface area contributed by atoms with Gasteiger partial charge in [-0.05, 0) is 38.9 Å². The van der Waals surface area contributed by atoms with E-state index >= 15 is 0 Å². The molecule has 0 spiro atoms. The Bertz CT molecular complexity index is 694. The van der Waals surface area contributed by atoms with E-state index in [0.717, 1.165) is 16.3 Å². The van der Waals surface area contributed by atoms with E-state index in [1.807, 2.05) is 6.92 Å². The van der Waals surface area contributed by atoms with Crippen molar-refractivity contribution in [2.75, 3.05) is 0 Å². The summed E-state index contributed by atoms with van der Waals surface area (Å²) in [6.07, 6.45) is 8.10. The molecule has 2 N–H and O–H groups in total. The minimum Gasteiger partial charge on any atom is -0.359 e. The molecule has 1 aliphatic rings. The highest BCUT2D eigenvalue weighted by atomic mass is 32.1. The maximum absolute atomic E-state index is 5.31. The topological polar surface area (TPSA) is 53.7 Å². The largest absolute Gasteiger partial charge is 0.359 e. The normalized spacial score (nSPS) is 16.5. The van der Waals surface area contributed by atoms with Crippen molar-refractivity contribution >= 4 is 39.8 Å². The van der Waals surface area contributed by atoms with Crippen LogP contribution in [0, 0.1) is 13.8 Å². The van der Waals surface area contributed by atoms with Crippen LogP contribution >= 0.6 is 23.6 Å². The molecular weight excluding hydrogens is 314 g/mol. The average molecular weight is 336 g/mol. The van der Waals surface area contributed by atoms with Gasteiger partial charge in [-0.1, -0.05) is 19.3 Å². The van der Waals surface area contributed by atoms with Gasteiger partial charge in [-0.15, -0.1) is 11.3 Å². The first-order valence-electron chi connectivity index (χ1n) is 7.68. The zero-order valence-corrected chi connectivity index (χ0v) is 14.6. The molecule has 0 atom stereocenters. The van der Waals surface area contributed by atoms with Gasteiger partial charge < -0.3 is 5.32 Å². The summed E-state index contributed by atoms with van der Waals surface area (Å²) >= 11 is 6.95. The van der Waals surface area contributed by atoms with E-state index in [1.54, 1.807) is 17.6 Å². The van der Waals surface area contributed by atoms with Crippen molar-refractivity contribution in [3.8, 4) is 0 Å². The fourth-order valence-electron chi connectivity index (χ4n) is 2.89. The Morgan fingerprint density at radius 2 is 2.18 bits per heavy atom. The van der Waals surface area contributed by atoms with Crippen LogP contribution in [0.3, 0.4) is 0 Å². The molecule has 1 saturated carbocycles. The molecule has 2 aromatic heterocycles. The van der Waals surface area contributed by atoms with Crippen molar-refractivity contribution < 1.29 is 0 Å². The maximum atomic E-state index is 5.31. The quantitative estimate of drug-likeness (QED) is 0.514. The van der Waals surface area contributed by atoms with E-state index in [-0.39, 0.29) is 0 Å². The van der Waals surface area contributed by atoms with Gasteiger partial charge in [0.05, 0.1) is 17.6 Å². The van der Waals surface area contributed by atoms with Crippen LogP contribution in [-0.4, -0.2) is 26.8 Å². The van der Waals surface area contributed by atoms with Crippen molar-refractivity contribution in [1.82, 2.24) is 20.1 Å². The lowest BCUT2D eigenvalue weighted by molar-refractivity contribution is 0.412. The van der Waals surface area contributed by atoms with E-state index in [2.05, 4.69) is 37.5 Å². The summed E-state index contributed by atoms with van der Waals surface area (Å²) in [6, 6.07) is 0.492. The number of thiazole rings is 1. The van der Waals surface area contributed by atoms with Gasteiger partial charge in [-0.2, -0.15) is 5.10 Å². The number of hydrogen-bond donors (Lipinski definition) is 2. The van der Waals surface area contributed by atoms with Crippen molar-refractivity contribution in [1.29, 1.82) is 0 Å². The highest BCUT2D eigenvalue weighted by Gasteiger charge is 2.14. The predicted octanol–water partition coefficient (Wildman–Crippen LogP) is 3.14. The Kier molecular flexibility index (Phi) is 4.73. The standard InChI is InChI=1S/C15H21N5S2/c1-10-9-22-15-17-11(2)13(20(10)15)8-16-19-14(21)18-12-6-4-3-5-7-12/h8-9,12H,3-7H2,1-2H3,(H2,18,19,21)/b16-8-. The zero-order chi connectivity index (χ0) is 15.5. The highest BCUT2D eigenvalue weighted by Crippen LogP contribution is 2.19. The summed E-state index contributed by atoms with van der Waals surface area (Å²) < 4.78 is 2.11. The van der Waals surface area contributed by atoms with Crippen molar-refractivity contribution in [3.05, 3.63) is 22.5 Å². The zero-order valence-electron chi connectivity index (χ0n) is 12.9. The van der Waals surface area contributed by atoms with E-state index in [0.29, 0.717) is 11.2 Å². The van der Waals surface area contributed by atoms with Gasteiger partial charge >= 0.3 is 0 Å². The summed E-state index contributed by atoms with van der Waals surface area (Å²) in [7, 11) is 0. The van der Waals surface area contributed by atoms with Crippen LogP contribution in [0.5, 0.6) is 0 Å². The molecule has 0 amide bonds. The van der Waals surface area contributed by atoms with Crippen LogP contribution < -0.4 is 10.7 Å². The van der Waals surface area contributed by atoms with Crippen LogP contribution in [0.2, 0.25) is 0 Å². The predicted molar refractivity (Wildman–Crippen MR) is 95.9 cm³/mol. The van der Waals surface area contributed by atoms with E-state index in [1.165, 1.54) is 37.8 Å². The monoisotopic (exact) mass is 335 g/mol. The first-order chi connectivity index (χ1) is 10.6. The van der Waals surface area contributed by atoms with E-state index in [4.69, 9.17) is 12.2 Å². The smallest absolute Gasteiger partial charge is 0.194 e. The van der Waals surface area contributed by atoms with Crippen LogP contribution in [0.4, 0.5) is 0 Å². The summed E-state index contributed by atoms with van der Waals surface area (Å²) in [6.45, 7) is 4.07. The van der Waals surface area contributed by atoms with Gasteiger partial charge in [0.25, 0.3) is 0 Å². The van der Waals surface area contributed by atoms with Crippen LogP contribution in [-0.2, 0) is 0 Å². The number of hydrogen-bond acceptors (Lipinski definition) is 4. The molecular formula is C15H21N5S2. The van der Waals surface area contributed by atoms with Gasteiger partial charge in [0.2, 0.25) is 0 Å². The number of imidazole rings is 1. The fourth-order valence-corrected chi connectivity index (χ4v) is 4.03. The lowest BCUT2D eigenvalue weighted by Gasteiger charge is -2.23. The Labute approximate surface area is 139 Å². The maximum Gasteiger partial charge on any atom is 0.194 e. The SMILES string of the molecule is Cc1nc2scc(C)n2c1/C=N\NC(=S)NC1CCCCC1. The molecule has 0 radical (unpaired) electrons. The first-order valence-corrected chi connectivity index (χ1v) is 8.96. The first kappa shape index (κ1) is 15.4. The third kappa shape index (κ3) is 3.30. The number of nitrogens with one attached hydrogen (secondary N) is 2. The van der Waals surface area contributed by atoms with Crippen LogP contribution in [0.25, 0.3) is 4.96 Å². The van der Waals surface area contributed by atoms with Gasteiger partial charge in [-0.25, -0.2) is 4.98 Å². The van der Waals surface area contributed by atoms with Gasteiger partial charge in [0, 0.05) is 17.1 Å². The Morgan fingerprint density at radius 3 is 2.95 bits per heavy atom. The second-order valence-electron chi connectivity index (χ2n) is 5.76. The highest BCUT2D eigenvalue weighted by molar-refractivity contribution is 7.80. The number of thiocarbonyl (C=S) groups is 1. The molecule has 1 aliphatic carbocycles. The third-order valence-electron chi connectivity index (χ3n) is 4.05. The second kappa shape index (κ2) is 6.75. The van der Waals surface area contributed by atoms with Crippen molar-refractivity contribution in [2.24, 2.45) is 5.10 Å². The van der Waals surface area contributed by atoms with E-state index < -0.39 is 0 Å². The minimum atomic E-state index is 0.492. The Morgan fingerprint density at radius 1 is 1.41 bits per heavy atom. The summed E-state index contributed by atoms with van der Waals surface area (Å²) in [5.74, 6) is 0. The molecule has 22 heavy (non-hydrogen) atoms. The molecule has 3 rings (SSSR count). The van der Waals surface area contributed by atoms with Crippen molar-refractivity contribution in [2.45, 2.75) is 52.0 Å². The summed E-state index contributed by atoms with van der Waals surface area (Å²) in [5, 5.41) is 10.3. The lowest BCUT2D eigenvalue weighted by Crippen LogP contribution is -2.40. The molecule has 5 nitrogen and oxygen atoms in total. The number of aromatic nitrogens is 2. The minimum absolute atomic E-state index is 0.492. The molecule has 2 aromatic rings. The molecule has 0 bridgehead atoms. The molecule has 0 unspecified atom stereocenters.